The maximum atomic E-state index is 13.3. The zero-order valence-corrected chi connectivity index (χ0v) is 20.9. The summed E-state index contributed by atoms with van der Waals surface area (Å²) in [5.41, 5.74) is 3.93. The van der Waals surface area contributed by atoms with Crippen molar-refractivity contribution in [1.29, 1.82) is 0 Å². The van der Waals surface area contributed by atoms with E-state index in [4.69, 9.17) is 0 Å². The van der Waals surface area contributed by atoms with Crippen LogP contribution in [-0.4, -0.2) is 57.4 Å². The van der Waals surface area contributed by atoms with Gasteiger partial charge in [-0.15, -0.1) is 0 Å². The molecule has 1 atom stereocenters. The second-order valence-corrected chi connectivity index (χ2v) is 10.3. The highest BCUT2D eigenvalue weighted by molar-refractivity contribution is 6.00. The van der Waals surface area contributed by atoms with Gasteiger partial charge in [0.15, 0.2) is 0 Å². The molecule has 1 aromatic carbocycles. The van der Waals surface area contributed by atoms with Crippen LogP contribution in [0.5, 0.6) is 0 Å². The van der Waals surface area contributed by atoms with Crippen LogP contribution in [0.15, 0.2) is 54.9 Å². The molecule has 2 aliphatic heterocycles. The Morgan fingerprint density at radius 2 is 1.66 bits per heavy atom. The minimum absolute atomic E-state index is 0.0674. The number of benzene rings is 1. The van der Waals surface area contributed by atoms with Crippen molar-refractivity contribution in [1.82, 2.24) is 19.4 Å². The van der Waals surface area contributed by atoms with E-state index in [-0.39, 0.29) is 17.7 Å². The number of carbonyl (C=O) groups excluding carboxylic acids is 2. The molecule has 2 saturated heterocycles. The first-order valence-corrected chi connectivity index (χ1v) is 13.2. The van der Waals surface area contributed by atoms with Crippen LogP contribution in [0.25, 0.3) is 5.52 Å². The maximum Gasteiger partial charge on any atom is 0.257 e. The van der Waals surface area contributed by atoms with Crippen LogP contribution in [0.2, 0.25) is 0 Å². The van der Waals surface area contributed by atoms with E-state index in [1.54, 1.807) is 6.20 Å². The molecule has 2 aliphatic rings. The Balaban J connectivity index is 1.27. The average Bonchev–Trinajstić information content (AvgIpc) is 3.33. The van der Waals surface area contributed by atoms with Crippen molar-refractivity contribution < 1.29 is 9.59 Å². The summed E-state index contributed by atoms with van der Waals surface area (Å²) in [6.45, 7) is 7.54. The molecule has 0 spiro atoms. The van der Waals surface area contributed by atoms with Gasteiger partial charge in [0.05, 0.1) is 23.2 Å². The van der Waals surface area contributed by atoms with Crippen LogP contribution in [0, 0.1) is 5.92 Å². The lowest BCUT2D eigenvalue weighted by atomic mass is 9.88. The van der Waals surface area contributed by atoms with Gasteiger partial charge in [0.2, 0.25) is 5.91 Å². The molecule has 5 rings (SSSR count). The van der Waals surface area contributed by atoms with Crippen molar-refractivity contribution in [2.24, 2.45) is 5.92 Å². The number of aromatic nitrogens is 2. The van der Waals surface area contributed by atoms with Crippen LogP contribution in [-0.2, 0) is 4.79 Å². The molecule has 184 valence electrons. The Morgan fingerprint density at radius 3 is 2.34 bits per heavy atom. The smallest absolute Gasteiger partial charge is 0.257 e. The van der Waals surface area contributed by atoms with Gasteiger partial charge in [-0.3, -0.25) is 9.59 Å². The molecule has 0 unspecified atom stereocenters. The molecule has 0 bridgehead atoms. The summed E-state index contributed by atoms with van der Waals surface area (Å²) >= 11 is 0. The first-order chi connectivity index (χ1) is 17.0. The fraction of sp³-hybridized carbons (Fsp3) is 0.483. The second kappa shape index (κ2) is 10.2. The van der Waals surface area contributed by atoms with Crippen LogP contribution < -0.4 is 0 Å². The van der Waals surface area contributed by atoms with Gasteiger partial charge in [0.25, 0.3) is 5.91 Å². The molecule has 2 fully saturated rings. The third kappa shape index (κ3) is 4.84. The van der Waals surface area contributed by atoms with Crippen LogP contribution >= 0.6 is 0 Å². The number of rotatable bonds is 5. The standard InChI is InChI=1S/C29H36N4O2/c1-3-25(23-7-5-4-6-8-23)28(34)32-16-11-22(12-17-32)24-13-18-33-27(19-24)26(20-30-33)29(35)31-14-9-21(2)10-15-31/h4-8,13,18-22,25H,3,9-12,14-17H2,1-2H3/t25-/m0/s1. The lowest BCUT2D eigenvalue weighted by Crippen LogP contribution is -2.40. The molecular weight excluding hydrogens is 436 g/mol. The van der Waals surface area contributed by atoms with Gasteiger partial charge in [0, 0.05) is 32.4 Å². The SMILES string of the molecule is CC[C@H](C(=O)N1CCC(c2ccn3ncc(C(=O)N4CCC(C)CC4)c3c2)CC1)c1ccccc1. The van der Waals surface area contributed by atoms with E-state index in [1.807, 2.05) is 38.7 Å². The molecule has 0 radical (unpaired) electrons. The summed E-state index contributed by atoms with van der Waals surface area (Å²) in [4.78, 5) is 30.5. The van der Waals surface area contributed by atoms with Crippen molar-refractivity contribution in [3.8, 4) is 0 Å². The van der Waals surface area contributed by atoms with Gasteiger partial charge in [-0.2, -0.15) is 5.10 Å². The van der Waals surface area contributed by atoms with E-state index < -0.39 is 0 Å². The van der Waals surface area contributed by atoms with E-state index in [9.17, 15) is 9.59 Å². The summed E-state index contributed by atoms with van der Waals surface area (Å²) in [5, 5.41) is 4.44. The Kier molecular flexibility index (Phi) is 6.89. The number of nitrogens with zero attached hydrogens (tertiary/aromatic N) is 4. The summed E-state index contributed by atoms with van der Waals surface area (Å²) in [6, 6.07) is 14.4. The van der Waals surface area contributed by atoms with Gasteiger partial charge < -0.3 is 9.80 Å². The van der Waals surface area contributed by atoms with E-state index in [0.717, 1.165) is 69.4 Å². The predicted molar refractivity (Wildman–Crippen MR) is 138 cm³/mol. The molecule has 2 amide bonds. The third-order valence-electron chi connectivity index (χ3n) is 8.03. The monoisotopic (exact) mass is 472 g/mol. The molecule has 6 nitrogen and oxygen atoms in total. The lowest BCUT2D eigenvalue weighted by molar-refractivity contribution is -0.134. The van der Waals surface area contributed by atoms with Crippen molar-refractivity contribution >= 4 is 17.3 Å². The molecular formula is C29H36N4O2. The third-order valence-corrected chi connectivity index (χ3v) is 8.03. The average molecular weight is 473 g/mol. The number of piperidine rings is 2. The van der Waals surface area contributed by atoms with E-state index in [0.29, 0.717) is 17.4 Å². The summed E-state index contributed by atoms with van der Waals surface area (Å²) in [5.74, 6) is 1.34. The molecule has 4 heterocycles. The zero-order chi connectivity index (χ0) is 24.4. The van der Waals surface area contributed by atoms with Crippen molar-refractivity contribution in [2.75, 3.05) is 26.2 Å². The van der Waals surface area contributed by atoms with Gasteiger partial charge in [0.1, 0.15) is 0 Å². The molecule has 3 aromatic rings. The highest BCUT2D eigenvalue weighted by Crippen LogP contribution is 2.32. The fourth-order valence-corrected chi connectivity index (χ4v) is 5.69. The number of fused-ring (bicyclic) bond motifs is 1. The van der Waals surface area contributed by atoms with E-state index >= 15 is 0 Å². The van der Waals surface area contributed by atoms with Gasteiger partial charge >= 0.3 is 0 Å². The Morgan fingerprint density at radius 1 is 0.971 bits per heavy atom. The fourth-order valence-electron chi connectivity index (χ4n) is 5.69. The van der Waals surface area contributed by atoms with Crippen LogP contribution in [0.3, 0.4) is 0 Å². The molecule has 0 saturated carbocycles. The summed E-state index contributed by atoms with van der Waals surface area (Å²) in [6.07, 6.45) is 8.51. The zero-order valence-electron chi connectivity index (χ0n) is 20.9. The normalized spacial score (nSPS) is 18.7. The van der Waals surface area contributed by atoms with Crippen molar-refractivity contribution in [3.05, 3.63) is 71.5 Å². The lowest BCUT2D eigenvalue weighted by Gasteiger charge is -2.34. The minimum Gasteiger partial charge on any atom is -0.342 e. The number of amides is 2. The maximum absolute atomic E-state index is 13.3. The summed E-state index contributed by atoms with van der Waals surface area (Å²) < 4.78 is 1.81. The van der Waals surface area contributed by atoms with Gasteiger partial charge in [-0.05, 0) is 67.2 Å². The first-order valence-electron chi connectivity index (χ1n) is 13.2. The first kappa shape index (κ1) is 23.6. The van der Waals surface area contributed by atoms with Crippen LogP contribution in [0.1, 0.15) is 79.3 Å². The predicted octanol–water partition coefficient (Wildman–Crippen LogP) is 5.11. The molecule has 0 N–H and O–H groups in total. The topological polar surface area (TPSA) is 57.9 Å². The van der Waals surface area contributed by atoms with Gasteiger partial charge in [-0.25, -0.2) is 4.52 Å². The number of hydrogen-bond acceptors (Lipinski definition) is 3. The molecule has 2 aromatic heterocycles. The highest BCUT2D eigenvalue weighted by Gasteiger charge is 2.29. The summed E-state index contributed by atoms with van der Waals surface area (Å²) in [7, 11) is 0. The quantitative estimate of drug-likeness (QED) is 0.519. The molecule has 35 heavy (non-hydrogen) atoms. The van der Waals surface area contributed by atoms with E-state index in [2.05, 4.69) is 43.2 Å². The van der Waals surface area contributed by atoms with E-state index in [1.165, 1.54) is 5.56 Å². The minimum atomic E-state index is -0.0674. The van der Waals surface area contributed by atoms with Crippen molar-refractivity contribution in [3.63, 3.8) is 0 Å². The second-order valence-electron chi connectivity index (χ2n) is 10.3. The Bertz CT molecular complexity index is 1170. The molecule has 6 heteroatoms. The number of hydrogen-bond donors (Lipinski definition) is 0. The van der Waals surface area contributed by atoms with Gasteiger partial charge in [-0.1, -0.05) is 44.2 Å². The number of pyridine rings is 1. The number of carbonyl (C=O) groups is 2. The van der Waals surface area contributed by atoms with Crippen molar-refractivity contribution in [2.45, 2.75) is 57.8 Å². The molecule has 0 aliphatic carbocycles. The Labute approximate surface area is 207 Å². The Hall–Kier alpha value is -3.15. The number of likely N-dealkylation sites (tertiary alicyclic amines) is 2. The van der Waals surface area contributed by atoms with Crippen LogP contribution in [0.4, 0.5) is 0 Å². The highest BCUT2D eigenvalue weighted by atomic mass is 16.2. The largest absolute Gasteiger partial charge is 0.342 e.